The number of benzene rings is 1. The Hall–Kier alpha value is -3.79. The van der Waals surface area contributed by atoms with Gasteiger partial charge in [0.25, 0.3) is 5.91 Å². The lowest BCUT2D eigenvalue weighted by Gasteiger charge is -2.30. The van der Waals surface area contributed by atoms with Gasteiger partial charge in [-0.15, -0.1) is 21.5 Å². The van der Waals surface area contributed by atoms with Crippen molar-refractivity contribution in [2.24, 2.45) is 5.92 Å². The van der Waals surface area contributed by atoms with Crippen molar-refractivity contribution in [1.29, 1.82) is 0 Å². The van der Waals surface area contributed by atoms with Crippen molar-refractivity contribution < 1.29 is 14.0 Å². The highest BCUT2D eigenvalue weighted by atomic mass is 32.1. The summed E-state index contributed by atoms with van der Waals surface area (Å²) >= 11 is 1.43. The summed E-state index contributed by atoms with van der Waals surface area (Å²) < 4.78 is 5.55. The second-order valence-corrected chi connectivity index (χ2v) is 9.52. The Morgan fingerprint density at radius 3 is 2.57 bits per heavy atom. The summed E-state index contributed by atoms with van der Waals surface area (Å²) in [6.45, 7) is 6.37. The molecule has 0 saturated heterocycles. The van der Waals surface area contributed by atoms with Crippen LogP contribution in [0.1, 0.15) is 36.9 Å². The van der Waals surface area contributed by atoms with Gasteiger partial charge in [0.1, 0.15) is 18.3 Å². The average molecular weight is 493 g/mol. The number of tetrazole rings is 1. The highest BCUT2D eigenvalue weighted by molar-refractivity contribution is 7.10. The van der Waals surface area contributed by atoms with Crippen LogP contribution in [0, 0.1) is 12.8 Å². The van der Waals surface area contributed by atoms with Crippen LogP contribution in [0.25, 0.3) is 11.6 Å². The topological polar surface area (TPSA) is 106 Å². The van der Waals surface area contributed by atoms with Gasteiger partial charge < -0.3 is 9.73 Å². The minimum atomic E-state index is -0.826. The number of carbonyl (C=O) groups excluding carboxylic acids is 2. The molecule has 0 aliphatic rings. The molecule has 0 spiro atoms. The lowest BCUT2D eigenvalue weighted by Crippen LogP contribution is -2.45. The van der Waals surface area contributed by atoms with Crippen LogP contribution in [0.2, 0.25) is 0 Å². The van der Waals surface area contributed by atoms with Crippen molar-refractivity contribution in [1.82, 2.24) is 25.5 Å². The minimum Gasteiger partial charge on any atom is -0.458 e. The molecule has 3 aromatic heterocycles. The number of rotatable bonds is 10. The minimum absolute atomic E-state index is 0.192. The molecule has 10 heteroatoms. The summed E-state index contributed by atoms with van der Waals surface area (Å²) in [5.74, 6) is 1.37. The normalized spacial score (nSPS) is 12.0. The van der Waals surface area contributed by atoms with Crippen LogP contribution in [0.5, 0.6) is 0 Å². The van der Waals surface area contributed by atoms with Gasteiger partial charge in [-0.05, 0) is 60.2 Å². The molecule has 0 aliphatic heterocycles. The highest BCUT2D eigenvalue weighted by Crippen LogP contribution is 2.31. The summed E-state index contributed by atoms with van der Waals surface area (Å²) in [6, 6.07) is 15.6. The Balaban J connectivity index is 1.63. The van der Waals surface area contributed by atoms with Crippen LogP contribution in [0.4, 0.5) is 5.69 Å². The molecule has 0 saturated carbocycles. The molecule has 0 aliphatic carbocycles. The number of nitrogens with one attached hydrogen (secondary N) is 1. The number of carbonyl (C=O) groups is 2. The SMILES string of the molecule is Cc1ccc(-c2nnn(CC(=O)N(c3ccccc3)[C@H](C(=O)NCCC(C)C)c3cccs3)n2)o1. The van der Waals surface area contributed by atoms with Gasteiger partial charge in [-0.25, -0.2) is 0 Å². The molecule has 182 valence electrons. The fourth-order valence-corrected chi connectivity index (χ4v) is 4.40. The van der Waals surface area contributed by atoms with Gasteiger partial charge in [-0.3, -0.25) is 14.5 Å². The van der Waals surface area contributed by atoms with E-state index in [4.69, 9.17) is 4.42 Å². The van der Waals surface area contributed by atoms with E-state index in [-0.39, 0.29) is 18.4 Å². The van der Waals surface area contributed by atoms with E-state index in [1.54, 1.807) is 6.07 Å². The predicted octanol–water partition coefficient (Wildman–Crippen LogP) is 4.24. The molecule has 0 radical (unpaired) electrons. The number of nitrogens with zero attached hydrogens (tertiary/aromatic N) is 5. The zero-order valence-electron chi connectivity index (χ0n) is 19.9. The van der Waals surface area contributed by atoms with Crippen LogP contribution in [-0.4, -0.2) is 38.6 Å². The van der Waals surface area contributed by atoms with Gasteiger partial charge in [-0.1, -0.05) is 38.1 Å². The molecule has 4 aromatic rings. The number of amides is 2. The maximum Gasteiger partial charge on any atom is 0.251 e. The smallest absolute Gasteiger partial charge is 0.251 e. The molecule has 0 unspecified atom stereocenters. The van der Waals surface area contributed by atoms with Crippen LogP contribution in [-0.2, 0) is 16.1 Å². The second kappa shape index (κ2) is 11.1. The average Bonchev–Trinajstić information content (AvgIpc) is 3.60. The standard InChI is InChI=1S/C25H28N6O3S/c1-17(2)13-14-26-25(33)23(21-10-7-15-35-21)31(19-8-5-4-6-9-19)22(32)16-30-28-24(27-29-30)20-12-11-18(3)34-20/h4-12,15,17,23H,13-14,16H2,1-3H3,(H,26,33)/t23-/m0/s1. The summed E-state index contributed by atoms with van der Waals surface area (Å²) in [6.07, 6.45) is 0.847. The third kappa shape index (κ3) is 6.02. The van der Waals surface area contributed by atoms with Crippen molar-refractivity contribution in [2.45, 2.75) is 39.8 Å². The molecule has 35 heavy (non-hydrogen) atoms. The van der Waals surface area contributed by atoms with Crippen LogP contribution < -0.4 is 10.2 Å². The summed E-state index contributed by atoms with van der Waals surface area (Å²) in [5.41, 5.74) is 0.608. The van der Waals surface area contributed by atoms with Crippen molar-refractivity contribution in [3.05, 3.63) is 70.6 Å². The van der Waals surface area contributed by atoms with Gasteiger partial charge in [0.05, 0.1) is 0 Å². The number of aryl methyl sites for hydroxylation is 1. The molecule has 3 heterocycles. The first-order valence-corrected chi connectivity index (χ1v) is 12.3. The van der Waals surface area contributed by atoms with E-state index in [9.17, 15) is 9.59 Å². The molecule has 1 N–H and O–H groups in total. The van der Waals surface area contributed by atoms with E-state index in [1.807, 2.05) is 60.8 Å². The van der Waals surface area contributed by atoms with Crippen LogP contribution >= 0.6 is 11.3 Å². The Kier molecular flexibility index (Phi) is 7.71. The van der Waals surface area contributed by atoms with Gasteiger partial charge in [-0.2, -0.15) is 4.80 Å². The number of furan rings is 1. The number of thiophene rings is 1. The van der Waals surface area contributed by atoms with E-state index in [1.165, 1.54) is 21.0 Å². The van der Waals surface area contributed by atoms with Gasteiger partial charge >= 0.3 is 0 Å². The molecule has 4 rings (SSSR count). The first-order valence-electron chi connectivity index (χ1n) is 11.4. The number of para-hydroxylation sites is 1. The third-order valence-corrected chi connectivity index (χ3v) is 6.26. The highest BCUT2D eigenvalue weighted by Gasteiger charge is 2.34. The summed E-state index contributed by atoms with van der Waals surface area (Å²) in [4.78, 5) is 30.6. The van der Waals surface area contributed by atoms with E-state index < -0.39 is 6.04 Å². The molecule has 0 fully saturated rings. The van der Waals surface area contributed by atoms with Crippen molar-refractivity contribution in [3.63, 3.8) is 0 Å². The zero-order valence-corrected chi connectivity index (χ0v) is 20.7. The zero-order chi connectivity index (χ0) is 24.8. The van der Waals surface area contributed by atoms with E-state index in [0.29, 0.717) is 29.7 Å². The Morgan fingerprint density at radius 1 is 1.11 bits per heavy atom. The van der Waals surface area contributed by atoms with Crippen LogP contribution in [0.15, 0.2) is 64.4 Å². The lowest BCUT2D eigenvalue weighted by atomic mass is 10.1. The van der Waals surface area contributed by atoms with E-state index in [0.717, 1.165) is 17.1 Å². The molecular weight excluding hydrogens is 464 g/mol. The summed E-state index contributed by atoms with van der Waals surface area (Å²) in [7, 11) is 0. The number of hydrogen-bond donors (Lipinski definition) is 1. The number of aromatic nitrogens is 4. The Morgan fingerprint density at radius 2 is 1.91 bits per heavy atom. The Labute approximate surface area is 207 Å². The third-order valence-electron chi connectivity index (χ3n) is 5.33. The predicted molar refractivity (Wildman–Crippen MR) is 134 cm³/mol. The Bertz CT molecular complexity index is 1250. The summed E-state index contributed by atoms with van der Waals surface area (Å²) in [5, 5.41) is 17.2. The molecular formula is C25H28N6O3S. The second-order valence-electron chi connectivity index (χ2n) is 8.54. The van der Waals surface area contributed by atoms with Crippen molar-refractivity contribution >= 4 is 28.8 Å². The van der Waals surface area contributed by atoms with Gasteiger partial charge in [0.2, 0.25) is 11.7 Å². The first kappa shape index (κ1) is 24.3. The van der Waals surface area contributed by atoms with Crippen LogP contribution in [0.3, 0.4) is 0 Å². The maximum atomic E-state index is 13.7. The number of hydrogen-bond acceptors (Lipinski definition) is 7. The molecule has 2 amide bonds. The van der Waals surface area contributed by atoms with Gasteiger partial charge in [0.15, 0.2) is 5.76 Å². The fraction of sp³-hybridized carbons (Fsp3) is 0.320. The largest absolute Gasteiger partial charge is 0.458 e. The molecule has 1 aromatic carbocycles. The van der Waals surface area contributed by atoms with Gasteiger partial charge in [0, 0.05) is 17.1 Å². The first-order chi connectivity index (χ1) is 16.9. The molecule has 0 bridgehead atoms. The number of anilines is 1. The molecule has 1 atom stereocenters. The van der Waals surface area contributed by atoms with E-state index >= 15 is 0 Å². The van der Waals surface area contributed by atoms with Crippen molar-refractivity contribution in [3.8, 4) is 11.6 Å². The lowest BCUT2D eigenvalue weighted by molar-refractivity contribution is -0.127. The van der Waals surface area contributed by atoms with E-state index in [2.05, 4.69) is 34.6 Å². The monoisotopic (exact) mass is 492 g/mol. The van der Waals surface area contributed by atoms with Crippen molar-refractivity contribution in [2.75, 3.05) is 11.4 Å². The fourth-order valence-electron chi connectivity index (χ4n) is 3.59. The maximum absolute atomic E-state index is 13.7. The molecule has 9 nitrogen and oxygen atoms in total. The quantitative estimate of drug-likeness (QED) is 0.355.